The van der Waals surface area contributed by atoms with Gasteiger partial charge in [-0.15, -0.1) is 0 Å². The molecule has 0 rings (SSSR count). The second kappa shape index (κ2) is 8.88. The first kappa shape index (κ1) is 21.4. The lowest BCUT2D eigenvalue weighted by Gasteiger charge is -2.33. The Morgan fingerprint density at radius 1 is 1.05 bits per heavy atom. The molecule has 0 spiro atoms. The normalized spacial score (nSPS) is 15.5. The standard InChI is InChI=1S/C18H37NO3/c1-16(2,3)12-18(7,13-20)14-22-11-9-8-10-19-15(21)17(4,5)6/h20H,8-14H2,1-7H3,(H,19,21). The molecule has 2 N–H and O–H groups in total. The van der Waals surface area contributed by atoms with E-state index in [0.717, 1.165) is 19.3 Å². The molecule has 0 saturated heterocycles. The van der Waals surface area contributed by atoms with Gasteiger partial charge in [-0.3, -0.25) is 4.79 Å². The number of unbranched alkanes of at least 4 members (excludes halogenated alkanes) is 1. The fraction of sp³-hybridized carbons (Fsp3) is 0.944. The highest BCUT2D eigenvalue weighted by Crippen LogP contribution is 2.33. The van der Waals surface area contributed by atoms with Crippen LogP contribution in [0.15, 0.2) is 0 Å². The van der Waals surface area contributed by atoms with E-state index in [1.54, 1.807) is 0 Å². The van der Waals surface area contributed by atoms with Crippen molar-refractivity contribution in [1.29, 1.82) is 0 Å². The monoisotopic (exact) mass is 315 g/mol. The molecule has 0 heterocycles. The summed E-state index contributed by atoms with van der Waals surface area (Å²) in [5.41, 5.74) is -0.330. The molecule has 0 aliphatic rings. The van der Waals surface area contributed by atoms with Gasteiger partial charge in [0, 0.05) is 24.0 Å². The van der Waals surface area contributed by atoms with Crippen LogP contribution in [-0.4, -0.2) is 37.4 Å². The predicted octanol–water partition coefficient (Wildman–Crippen LogP) is 3.38. The van der Waals surface area contributed by atoms with Crippen molar-refractivity contribution in [2.45, 2.75) is 67.7 Å². The zero-order valence-corrected chi connectivity index (χ0v) is 15.7. The van der Waals surface area contributed by atoms with Crippen molar-refractivity contribution in [1.82, 2.24) is 5.32 Å². The molecule has 1 atom stereocenters. The molecule has 22 heavy (non-hydrogen) atoms. The van der Waals surface area contributed by atoms with Gasteiger partial charge in [-0.05, 0) is 24.7 Å². The Bertz CT molecular complexity index is 328. The van der Waals surface area contributed by atoms with Gasteiger partial charge in [0.25, 0.3) is 0 Å². The van der Waals surface area contributed by atoms with Crippen LogP contribution in [0.25, 0.3) is 0 Å². The third kappa shape index (κ3) is 10.2. The summed E-state index contributed by atoms with van der Waals surface area (Å²) >= 11 is 0. The van der Waals surface area contributed by atoms with Crippen LogP contribution in [0.5, 0.6) is 0 Å². The number of rotatable bonds is 9. The van der Waals surface area contributed by atoms with E-state index in [1.165, 1.54) is 0 Å². The number of nitrogens with one attached hydrogen (secondary N) is 1. The molecular weight excluding hydrogens is 278 g/mol. The number of carbonyl (C=O) groups is 1. The molecular formula is C18H37NO3. The molecule has 0 saturated carbocycles. The van der Waals surface area contributed by atoms with E-state index >= 15 is 0 Å². The summed E-state index contributed by atoms with van der Waals surface area (Å²) in [5.74, 6) is 0.0893. The molecule has 0 bridgehead atoms. The van der Waals surface area contributed by atoms with Gasteiger partial charge < -0.3 is 15.2 Å². The first-order valence-corrected chi connectivity index (χ1v) is 8.37. The Labute approximate surface area is 137 Å². The molecule has 0 fully saturated rings. The smallest absolute Gasteiger partial charge is 0.225 e. The summed E-state index contributed by atoms with van der Waals surface area (Å²) in [5, 5.41) is 12.5. The van der Waals surface area contributed by atoms with Crippen LogP contribution >= 0.6 is 0 Å². The van der Waals surface area contributed by atoms with Crippen LogP contribution in [0.1, 0.15) is 67.7 Å². The summed E-state index contributed by atoms with van der Waals surface area (Å²) < 4.78 is 5.74. The van der Waals surface area contributed by atoms with E-state index in [0.29, 0.717) is 19.8 Å². The second-order valence-electron chi connectivity index (χ2n) is 8.97. The topological polar surface area (TPSA) is 58.6 Å². The molecule has 0 aromatic rings. The largest absolute Gasteiger partial charge is 0.396 e. The summed E-state index contributed by atoms with van der Waals surface area (Å²) in [7, 11) is 0. The SMILES string of the molecule is CC(C)(C)CC(C)(CO)COCCCCNC(=O)C(C)(C)C. The van der Waals surface area contributed by atoms with Gasteiger partial charge in [-0.1, -0.05) is 48.5 Å². The molecule has 0 aromatic heterocycles. The summed E-state index contributed by atoms with van der Waals surface area (Å²) in [6.07, 6.45) is 2.76. The number of hydrogen-bond donors (Lipinski definition) is 2. The summed E-state index contributed by atoms with van der Waals surface area (Å²) in [6, 6.07) is 0. The molecule has 1 unspecified atom stereocenters. The molecule has 132 valence electrons. The Morgan fingerprint density at radius 3 is 2.09 bits per heavy atom. The minimum atomic E-state index is -0.327. The van der Waals surface area contributed by atoms with Crippen molar-refractivity contribution in [3.05, 3.63) is 0 Å². The average Bonchev–Trinajstić information content (AvgIpc) is 2.34. The van der Waals surface area contributed by atoms with Gasteiger partial charge >= 0.3 is 0 Å². The molecule has 0 aliphatic carbocycles. The van der Waals surface area contributed by atoms with Gasteiger partial charge in [0.15, 0.2) is 0 Å². The fourth-order valence-electron chi connectivity index (χ4n) is 2.55. The predicted molar refractivity (Wildman–Crippen MR) is 91.8 cm³/mol. The number of ether oxygens (including phenoxy) is 1. The van der Waals surface area contributed by atoms with E-state index in [2.05, 4.69) is 33.0 Å². The van der Waals surface area contributed by atoms with E-state index in [4.69, 9.17) is 4.74 Å². The van der Waals surface area contributed by atoms with Gasteiger partial charge in [0.05, 0.1) is 13.2 Å². The van der Waals surface area contributed by atoms with Gasteiger partial charge in [-0.2, -0.15) is 0 Å². The minimum absolute atomic E-state index is 0.0893. The highest BCUT2D eigenvalue weighted by molar-refractivity contribution is 5.81. The van der Waals surface area contributed by atoms with Crippen molar-refractivity contribution < 1.29 is 14.6 Å². The zero-order valence-electron chi connectivity index (χ0n) is 15.7. The van der Waals surface area contributed by atoms with E-state index < -0.39 is 0 Å². The lowest BCUT2D eigenvalue weighted by Crippen LogP contribution is -2.35. The summed E-state index contributed by atoms with van der Waals surface area (Å²) in [6.45, 7) is 16.4. The van der Waals surface area contributed by atoms with Gasteiger partial charge in [0.1, 0.15) is 0 Å². The molecule has 0 aromatic carbocycles. The Hall–Kier alpha value is -0.610. The first-order chi connectivity index (χ1) is 9.90. The lowest BCUT2D eigenvalue weighted by molar-refractivity contribution is -0.128. The third-order valence-corrected chi connectivity index (χ3v) is 3.47. The van der Waals surface area contributed by atoms with E-state index in [9.17, 15) is 9.90 Å². The highest BCUT2D eigenvalue weighted by atomic mass is 16.5. The highest BCUT2D eigenvalue weighted by Gasteiger charge is 2.29. The van der Waals surface area contributed by atoms with Crippen molar-refractivity contribution in [3.8, 4) is 0 Å². The lowest BCUT2D eigenvalue weighted by atomic mass is 9.76. The average molecular weight is 315 g/mol. The molecule has 0 radical (unpaired) electrons. The van der Waals surface area contributed by atoms with Crippen LogP contribution in [0, 0.1) is 16.2 Å². The Kier molecular flexibility index (Phi) is 8.63. The van der Waals surface area contributed by atoms with Crippen molar-refractivity contribution >= 4 is 5.91 Å². The Balaban J connectivity index is 3.82. The second-order valence-corrected chi connectivity index (χ2v) is 8.97. The van der Waals surface area contributed by atoms with Gasteiger partial charge in [-0.25, -0.2) is 0 Å². The number of carbonyl (C=O) groups excluding carboxylic acids is 1. The molecule has 0 aliphatic heterocycles. The number of aliphatic hydroxyl groups is 1. The van der Waals surface area contributed by atoms with Crippen molar-refractivity contribution in [2.24, 2.45) is 16.2 Å². The molecule has 1 amide bonds. The van der Waals surface area contributed by atoms with E-state index in [-0.39, 0.29) is 28.8 Å². The number of hydrogen-bond acceptors (Lipinski definition) is 3. The van der Waals surface area contributed by atoms with Crippen LogP contribution in [0.2, 0.25) is 0 Å². The Morgan fingerprint density at radius 2 is 1.64 bits per heavy atom. The molecule has 4 nitrogen and oxygen atoms in total. The maximum Gasteiger partial charge on any atom is 0.225 e. The van der Waals surface area contributed by atoms with Crippen molar-refractivity contribution in [2.75, 3.05) is 26.4 Å². The first-order valence-electron chi connectivity index (χ1n) is 8.37. The maximum absolute atomic E-state index is 11.7. The van der Waals surface area contributed by atoms with Gasteiger partial charge in [0.2, 0.25) is 5.91 Å². The van der Waals surface area contributed by atoms with Crippen LogP contribution in [0.3, 0.4) is 0 Å². The third-order valence-electron chi connectivity index (χ3n) is 3.47. The van der Waals surface area contributed by atoms with Crippen molar-refractivity contribution in [3.63, 3.8) is 0 Å². The fourth-order valence-corrected chi connectivity index (χ4v) is 2.55. The minimum Gasteiger partial charge on any atom is -0.396 e. The maximum atomic E-state index is 11.7. The summed E-state index contributed by atoms with van der Waals surface area (Å²) in [4.78, 5) is 11.7. The van der Waals surface area contributed by atoms with Crippen LogP contribution in [-0.2, 0) is 9.53 Å². The number of amides is 1. The zero-order chi connectivity index (χ0) is 17.4. The molecule has 4 heteroatoms. The number of aliphatic hydroxyl groups excluding tert-OH is 1. The van der Waals surface area contributed by atoms with Crippen LogP contribution in [0.4, 0.5) is 0 Å². The van der Waals surface area contributed by atoms with Crippen LogP contribution < -0.4 is 5.32 Å². The quantitative estimate of drug-likeness (QED) is 0.641. The van der Waals surface area contributed by atoms with E-state index in [1.807, 2.05) is 20.8 Å².